The van der Waals surface area contributed by atoms with Crippen LogP contribution in [0.4, 0.5) is 11.4 Å². The van der Waals surface area contributed by atoms with E-state index in [1.54, 1.807) is 12.3 Å². The Balaban J connectivity index is 2.20. The molecule has 100 valence electrons. The van der Waals surface area contributed by atoms with Gasteiger partial charge < -0.3 is 5.32 Å². The van der Waals surface area contributed by atoms with Crippen LogP contribution in [0.2, 0.25) is 4.47 Å². The first kappa shape index (κ1) is 14.2. The van der Waals surface area contributed by atoms with Crippen LogP contribution in [-0.4, -0.2) is 9.91 Å². The summed E-state index contributed by atoms with van der Waals surface area (Å²) in [6.07, 6.45) is 1.68. The normalized spacial score (nSPS) is 10.5. The highest BCUT2D eigenvalue weighted by atomic mass is 79.9. The lowest BCUT2D eigenvalue weighted by molar-refractivity contribution is -0.385. The Bertz CT molecular complexity index is 632. The maximum Gasteiger partial charge on any atom is 0.285 e. The van der Waals surface area contributed by atoms with Gasteiger partial charge in [0, 0.05) is 22.8 Å². The number of hydrogen-bond acceptors (Lipinski definition) is 5. The summed E-state index contributed by atoms with van der Waals surface area (Å²) in [6, 6.07) is 3.24. The van der Waals surface area contributed by atoms with Crippen molar-refractivity contribution in [3.8, 4) is 0 Å². The summed E-state index contributed by atoms with van der Waals surface area (Å²) < 4.78 is 0.955. The summed E-state index contributed by atoms with van der Waals surface area (Å²) in [5, 5.41) is 14.0. The molecule has 0 bridgehead atoms. The fourth-order valence-electron chi connectivity index (χ4n) is 1.54. The SMILES string of the molecule is Cc1cc(Br)c([N+](=O)[O-])cc1NCc1cnc(Cl)s1. The van der Waals surface area contributed by atoms with Crippen LogP contribution in [0.15, 0.2) is 22.8 Å². The Hall–Kier alpha value is -1.18. The topological polar surface area (TPSA) is 68.1 Å². The van der Waals surface area contributed by atoms with Gasteiger partial charge in [-0.1, -0.05) is 11.6 Å². The van der Waals surface area contributed by atoms with Crippen LogP contribution in [0.1, 0.15) is 10.4 Å². The molecule has 19 heavy (non-hydrogen) atoms. The second kappa shape index (κ2) is 5.85. The summed E-state index contributed by atoms with van der Waals surface area (Å²) in [5.41, 5.74) is 1.68. The molecule has 0 saturated heterocycles. The summed E-state index contributed by atoms with van der Waals surface area (Å²) in [6.45, 7) is 2.42. The number of nitro benzene ring substituents is 1. The number of hydrogen-bond donors (Lipinski definition) is 1. The van der Waals surface area contributed by atoms with Crippen LogP contribution in [0.3, 0.4) is 0 Å². The lowest BCUT2D eigenvalue weighted by atomic mass is 10.2. The van der Waals surface area contributed by atoms with E-state index in [1.165, 1.54) is 17.4 Å². The van der Waals surface area contributed by atoms with Gasteiger partial charge in [-0.05, 0) is 34.5 Å². The number of halogens is 2. The van der Waals surface area contributed by atoms with Crippen molar-refractivity contribution in [1.82, 2.24) is 4.98 Å². The van der Waals surface area contributed by atoms with Crippen LogP contribution in [0.25, 0.3) is 0 Å². The van der Waals surface area contributed by atoms with E-state index in [1.807, 2.05) is 6.92 Å². The second-order valence-corrected chi connectivity index (χ2v) is 6.36. The third kappa shape index (κ3) is 3.43. The predicted octanol–water partition coefficient (Wildman–Crippen LogP) is 4.39. The third-order valence-corrected chi connectivity index (χ3v) is 4.22. The maximum absolute atomic E-state index is 10.9. The fraction of sp³-hybridized carbons (Fsp3) is 0.182. The number of aryl methyl sites for hydroxylation is 1. The van der Waals surface area contributed by atoms with Crippen LogP contribution in [-0.2, 0) is 6.54 Å². The Morgan fingerprint density at radius 2 is 2.32 bits per heavy atom. The number of nitrogens with one attached hydrogen (secondary N) is 1. The third-order valence-electron chi connectivity index (χ3n) is 2.47. The van der Waals surface area contributed by atoms with Gasteiger partial charge in [-0.25, -0.2) is 4.98 Å². The average Bonchev–Trinajstić information content (AvgIpc) is 2.73. The summed E-state index contributed by atoms with van der Waals surface area (Å²) >= 11 is 10.3. The first-order chi connectivity index (χ1) is 8.97. The first-order valence-electron chi connectivity index (χ1n) is 5.26. The minimum atomic E-state index is -0.418. The lowest BCUT2D eigenvalue weighted by Gasteiger charge is -2.09. The van der Waals surface area contributed by atoms with E-state index < -0.39 is 4.92 Å². The molecule has 0 radical (unpaired) electrons. The monoisotopic (exact) mass is 361 g/mol. The maximum atomic E-state index is 10.9. The van der Waals surface area contributed by atoms with Crippen molar-refractivity contribution >= 4 is 50.2 Å². The van der Waals surface area contributed by atoms with Crippen molar-refractivity contribution in [3.05, 3.63) is 47.8 Å². The molecule has 1 aromatic heterocycles. The van der Waals surface area contributed by atoms with Crippen LogP contribution < -0.4 is 5.32 Å². The molecule has 0 amide bonds. The Kier molecular flexibility index (Phi) is 4.38. The highest BCUT2D eigenvalue weighted by molar-refractivity contribution is 9.10. The van der Waals surface area contributed by atoms with Gasteiger partial charge in [0.05, 0.1) is 15.9 Å². The molecule has 0 spiro atoms. The molecular formula is C11H9BrClN3O2S. The van der Waals surface area contributed by atoms with E-state index in [9.17, 15) is 10.1 Å². The zero-order valence-corrected chi connectivity index (χ0v) is 13.0. The molecule has 5 nitrogen and oxygen atoms in total. The average molecular weight is 363 g/mol. The van der Waals surface area contributed by atoms with Gasteiger partial charge in [0.15, 0.2) is 4.47 Å². The molecule has 0 aliphatic carbocycles. The quantitative estimate of drug-likeness (QED) is 0.647. The first-order valence-corrected chi connectivity index (χ1v) is 7.24. The zero-order valence-electron chi connectivity index (χ0n) is 9.81. The Morgan fingerprint density at radius 3 is 2.89 bits per heavy atom. The summed E-state index contributed by atoms with van der Waals surface area (Å²) in [5.74, 6) is 0. The van der Waals surface area contributed by atoms with Crippen LogP contribution in [0.5, 0.6) is 0 Å². The fourth-order valence-corrected chi connectivity index (χ4v) is 3.06. The number of rotatable bonds is 4. The van der Waals surface area contributed by atoms with E-state index in [-0.39, 0.29) is 5.69 Å². The van der Waals surface area contributed by atoms with Crippen LogP contribution in [0, 0.1) is 17.0 Å². The highest BCUT2D eigenvalue weighted by Crippen LogP contribution is 2.31. The van der Waals surface area contributed by atoms with Gasteiger partial charge in [-0.15, -0.1) is 11.3 Å². The van der Waals surface area contributed by atoms with Crippen molar-refractivity contribution in [3.63, 3.8) is 0 Å². The predicted molar refractivity (Wildman–Crippen MR) is 80.0 cm³/mol. The van der Waals surface area contributed by atoms with Gasteiger partial charge in [-0.3, -0.25) is 10.1 Å². The molecule has 1 N–H and O–H groups in total. The van der Waals surface area contributed by atoms with Crippen molar-refractivity contribution in [2.24, 2.45) is 0 Å². The van der Waals surface area contributed by atoms with E-state index >= 15 is 0 Å². The van der Waals surface area contributed by atoms with Gasteiger partial charge >= 0.3 is 0 Å². The van der Waals surface area contributed by atoms with E-state index in [0.717, 1.165) is 16.1 Å². The highest BCUT2D eigenvalue weighted by Gasteiger charge is 2.14. The van der Waals surface area contributed by atoms with Crippen molar-refractivity contribution < 1.29 is 4.92 Å². The summed E-state index contributed by atoms with van der Waals surface area (Å²) in [4.78, 5) is 15.4. The van der Waals surface area contributed by atoms with Gasteiger partial charge in [0.1, 0.15) is 0 Å². The van der Waals surface area contributed by atoms with E-state index in [2.05, 4.69) is 26.2 Å². The zero-order chi connectivity index (χ0) is 14.0. The molecule has 2 rings (SSSR count). The van der Waals surface area contributed by atoms with Crippen LogP contribution >= 0.6 is 38.9 Å². The molecule has 8 heteroatoms. The number of nitro groups is 1. The number of nitrogens with zero attached hydrogens (tertiary/aromatic N) is 2. The molecule has 2 aromatic rings. The molecule has 0 fully saturated rings. The molecule has 0 saturated carbocycles. The number of anilines is 1. The van der Waals surface area contributed by atoms with Gasteiger partial charge in [0.25, 0.3) is 5.69 Å². The van der Waals surface area contributed by atoms with E-state index in [4.69, 9.17) is 11.6 Å². The minimum absolute atomic E-state index is 0.0374. The van der Waals surface area contributed by atoms with Crippen molar-refractivity contribution in [2.45, 2.75) is 13.5 Å². The molecule has 0 atom stereocenters. The Morgan fingerprint density at radius 1 is 1.58 bits per heavy atom. The minimum Gasteiger partial charge on any atom is -0.380 e. The van der Waals surface area contributed by atoms with E-state index in [0.29, 0.717) is 15.5 Å². The lowest BCUT2D eigenvalue weighted by Crippen LogP contribution is -2.01. The van der Waals surface area contributed by atoms with Gasteiger partial charge in [-0.2, -0.15) is 0 Å². The molecule has 1 heterocycles. The molecule has 1 aromatic carbocycles. The molecular weight excluding hydrogens is 354 g/mol. The smallest absolute Gasteiger partial charge is 0.285 e. The van der Waals surface area contributed by atoms with Crippen molar-refractivity contribution in [2.75, 3.05) is 5.32 Å². The molecule has 0 aliphatic heterocycles. The second-order valence-electron chi connectivity index (χ2n) is 3.81. The largest absolute Gasteiger partial charge is 0.380 e. The molecule has 0 unspecified atom stereocenters. The number of aromatic nitrogens is 1. The molecule has 0 aliphatic rings. The number of thiazole rings is 1. The van der Waals surface area contributed by atoms with Crippen molar-refractivity contribution in [1.29, 1.82) is 0 Å². The van der Waals surface area contributed by atoms with Gasteiger partial charge in [0.2, 0.25) is 0 Å². The standard InChI is InChI=1S/C11H9BrClN3O2S/c1-6-2-8(12)10(16(17)18)3-9(6)14-4-7-5-15-11(13)19-7/h2-3,5,14H,4H2,1H3. The number of benzene rings is 1. The summed E-state index contributed by atoms with van der Waals surface area (Å²) in [7, 11) is 0. The Labute approximate surface area is 126 Å².